The van der Waals surface area contributed by atoms with Gasteiger partial charge in [0.15, 0.2) is 5.78 Å². The molecular weight excluding hydrogens is 374 g/mol. The minimum absolute atomic E-state index is 0.100. The highest BCUT2D eigenvalue weighted by atomic mass is 32.2. The molecule has 2 N–H and O–H groups in total. The van der Waals surface area contributed by atoms with E-state index in [1.54, 1.807) is 6.07 Å². The van der Waals surface area contributed by atoms with E-state index in [4.69, 9.17) is 0 Å². The molecule has 3 heterocycles. The van der Waals surface area contributed by atoms with Gasteiger partial charge >= 0.3 is 5.69 Å². The fourth-order valence-corrected chi connectivity index (χ4v) is 5.54. The van der Waals surface area contributed by atoms with Crippen molar-refractivity contribution >= 4 is 38.2 Å². The topological polar surface area (TPSA) is 103 Å². The van der Waals surface area contributed by atoms with Crippen LogP contribution in [0.4, 0.5) is 0 Å². The van der Waals surface area contributed by atoms with Crippen LogP contribution in [0.15, 0.2) is 45.4 Å². The Morgan fingerprint density at radius 3 is 2.54 bits per heavy atom. The van der Waals surface area contributed by atoms with Crippen molar-refractivity contribution in [2.45, 2.75) is 17.7 Å². The molecule has 26 heavy (non-hydrogen) atoms. The molecule has 9 heteroatoms. The first-order chi connectivity index (χ1) is 12.4. The van der Waals surface area contributed by atoms with Gasteiger partial charge in [-0.3, -0.25) is 4.79 Å². The molecule has 0 saturated carbocycles. The molecule has 0 atom stereocenters. The molecule has 1 aliphatic heterocycles. The predicted molar refractivity (Wildman–Crippen MR) is 99.1 cm³/mol. The number of thiophene rings is 1. The summed E-state index contributed by atoms with van der Waals surface area (Å²) < 4.78 is 27.2. The lowest BCUT2D eigenvalue weighted by Crippen LogP contribution is -2.40. The number of piperidine rings is 1. The minimum atomic E-state index is -3.66. The van der Waals surface area contributed by atoms with Crippen molar-refractivity contribution in [3.8, 4) is 0 Å². The van der Waals surface area contributed by atoms with Gasteiger partial charge < -0.3 is 9.97 Å². The first kappa shape index (κ1) is 17.2. The number of carbonyl (C=O) groups excluding carboxylic acids is 1. The van der Waals surface area contributed by atoms with Crippen LogP contribution < -0.4 is 5.69 Å². The average molecular weight is 391 g/mol. The monoisotopic (exact) mass is 391 g/mol. The Labute approximate surface area is 153 Å². The number of nitrogens with zero attached hydrogens (tertiary/aromatic N) is 1. The van der Waals surface area contributed by atoms with Crippen LogP contribution in [-0.2, 0) is 10.0 Å². The maximum Gasteiger partial charge on any atom is 0.323 e. The minimum Gasteiger partial charge on any atom is -0.306 e. The number of rotatable bonds is 4. The zero-order chi connectivity index (χ0) is 18.3. The number of aromatic amines is 2. The van der Waals surface area contributed by atoms with Gasteiger partial charge in [0.25, 0.3) is 0 Å². The van der Waals surface area contributed by atoms with Gasteiger partial charge in [-0.15, -0.1) is 11.3 Å². The molecule has 1 aromatic carbocycles. The van der Waals surface area contributed by atoms with Crippen molar-refractivity contribution in [1.29, 1.82) is 0 Å². The Bertz CT molecular complexity index is 1100. The van der Waals surface area contributed by atoms with Gasteiger partial charge in [0.2, 0.25) is 10.0 Å². The van der Waals surface area contributed by atoms with Crippen molar-refractivity contribution in [1.82, 2.24) is 14.3 Å². The van der Waals surface area contributed by atoms with Gasteiger partial charge in [0, 0.05) is 19.0 Å². The van der Waals surface area contributed by atoms with Crippen molar-refractivity contribution in [3.63, 3.8) is 0 Å². The molecule has 0 aliphatic carbocycles. The van der Waals surface area contributed by atoms with Gasteiger partial charge in [-0.05, 0) is 42.5 Å². The van der Waals surface area contributed by atoms with Crippen LogP contribution in [-0.4, -0.2) is 41.6 Å². The summed E-state index contributed by atoms with van der Waals surface area (Å²) in [6.45, 7) is 0.623. The molecule has 0 bridgehead atoms. The number of hydrogen-bond acceptors (Lipinski definition) is 5. The third kappa shape index (κ3) is 3.02. The largest absolute Gasteiger partial charge is 0.323 e. The smallest absolute Gasteiger partial charge is 0.306 e. The number of sulfonamides is 1. The Morgan fingerprint density at radius 1 is 1.12 bits per heavy atom. The normalized spacial score (nSPS) is 16.9. The summed E-state index contributed by atoms with van der Waals surface area (Å²) in [6.07, 6.45) is 1.03. The summed E-state index contributed by atoms with van der Waals surface area (Å²) in [7, 11) is -3.66. The van der Waals surface area contributed by atoms with Crippen molar-refractivity contribution in [2.75, 3.05) is 13.1 Å². The molecule has 0 radical (unpaired) electrons. The van der Waals surface area contributed by atoms with Crippen LogP contribution in [0.1, 0.15) is 22.5 Å². The molecule has 0 unspecified atom stereocenters. The molecular formula is C17H17N3O4S2. The van der Waals surface area contributed by atoms with Crippen molar-refractivity contribution in [2.24, 2.45) is 5.92 Å². The van der Waals surface area contributed by atoms with E-state index in [1.165, 1.54) is 27.8 Å². The Morgan fingerprint density at radius 2 is 1.85 bits per heavy atom. The predicted octanol–water partition coefficient (Wildman–Crippen LogP) is 2.20. The Hall–Kier alpha value is -2.23. The van der Waals surface area contributed by atoms with E-state index in [0.29, 0.717) is 37.0 Å². The van der Waals surface area contributed by atoms with Gasteiger partial charge in [-0.2, -0.15) is 4.31 Å². The molecule has 1 fully saturated rings. The number of benzene rings is 1. The summed E-state index contributed by atoms with van der Waals surface area (Å²) in [4.78, 5) is 29.8. The van der Waals surface area contributed by atoms with E-state index in [-0.39, 0.29) is 22.3 Å². The molecule has 2 aromatic heterocycles. The maximum atomic E-state index is 12.9. The van der Waals surface area contributed by atoms with Crippen LogP contribution in [0.2, 0.25) is 0 Å². The van der Waals surface area contributed by atoms with Gasteiger partial charge in [0.1, 0.15) is 0 Å². The molecule has 1 aliphatic rings. The number of hydrogen-bond donors (Lipinski definition) is 2. The Kier molecular flexibility index (Phi) is 4.29. The van der Waals surface area contributed by atoms with Crippen LogP contribution in [0.3, 0.4) is 0 Å². The standard InChI is InChI=1S/C17H17N3O4S2/c21-16(15-2-1-9-25-15)11-5-7-20(8-6-11)26(23,24)12-3-4-13-14(10-12)19-17(22)18-13/h1-4,9-11H,5-8H2,(H2,18,19,22). The zero-order valence-corrected chi connectivity index (χ0v) is 15.4. The summed E-state index contributed by atoms with van der Waals surface area (Å²) in [6, 6.07) is 8.19. The fourth-order valence-electron chi connectivity index (χ4n) is 3.30. The molecule has 1 saturated heterocycles. The molecule has 136 valence electrons. The number of carbonyl (C=O) groups is 1. The summed E-state index contributed by atoms with van der Waals surface area (Å²) in [5.41, 5.74) is 0.649. The molecule has 0 amide bonds. The molecule has 0 spiro atoms. The summed E-state index contributed by atoms with van der Waals surface area (Å²) in [5, 5.41) is 1.87. The highest BCUT2D eigenvalue weighted by Crippen LogP contribution is 2.28. The Balaban J connectivity index is 1.52. The summed E-state index contributed by atoms with van der Waals surface area (Å²) >= 11 is 1.42. The van der Waals surface area contributed by atoms with E-state index in [1.807, 2.05) is 17.5 Å². The van der Waals surface area contributed by atoms with E-state index in [9.17, 15) is 18.0 Å². The molecule has 7 nitrogen and oxygen atoms in total. The lowest BCUT2D eigenvalue weighted by atomic mass is 9.93. The van der Waals surface area contributed by atoms with Crippen molar-refractivity contribution < 1.29 is 13.2 Å². The number of H-pyrrole nitrogens is 2. The van der Waals surface area contributed by atoms with Gasteiger partial charge in [-0.25, -0.2) is 13.2 Å². The van der Waals surface area contributed by atoms with Crippen LogP contribution in [0.5, 0.6) is 0 Å². The summed E-state index contributed by atoms with van der Waals surface area (Å²) in [5.74, 6) is -0.0352. The second-order valence-electron chi connectivity index (χ2n) is 6.31. The number of Topliss-reactive ketones (excluding diaryl/α,β-unsaturated/α-hetero) is 1. The van der Waals surface area contributed by atoms with Crippen LogP contribution in [0, 0.1) is 5.92 Å². The van der Waals surface area contributed by atoms with E-state index >= 15 is 0 Å². The SMILES string of the molecule is O=C(c1cccs1)C1CCN(S(=O)(=O)c2ccc3[nH]c(=O)[nH]c3c2)CC1. The number of ketones is 1. The van der Waals surface area contributed by atoms with E-state index in [2.05, 4.69) is 9.97 Å². The van der Waals surface area contributed by atoms with Gasteiger partial charge in [0.05, 0.1) is 20.8 Å². The third-order valence-corrected chi connectivity index (χ3v) is 7.49. The van der Waals surface area contributed by atoms with Gasteiger partial charge in [-0.1, -0.05) is 6.07 Å². The quantitative estimate of drug-likeness (QED) is 0.666. The number of aromatic nitrogens is 2. The number of nitrogens with one attached hydrogen (secondary N) is 2. The second-order valence-corrected chi connectivity index (χ2v) is 9.19. The fraction of sp³-hybridized carbons (Fsp3) is 0.294. The lowest BCUT2D eigenvalue weighted by Gasteiger charge is -2.30. The highest BCUT2D eigenvalue weighted by Gasteiger charge is 2.32. The van der Waals surface area contributed by atoms with Crippen LogP contribution >= 0.6 is 11.3 Å². The average Bonchev–Trinajstić information content (AvgIpc) is 3.29. The number of imidazole rings is 1. The molecule has 3 aromatic rings. The van der Waals surface area contributed by atoms with E-state index in [0.717, 1.165) is 4.88 Å². The molecule has 4 rings (SSSR count). The van der Waals surface area contributed by atoms with Crippen molar-refractivity contribution in [3.05, 3.63) is 51.1 Å². The first-order valence-electron chi connectivity index (χ1n) is 8.25. The highest BCUT2D eigenvalue weighted by molar-refractivity contribution is 7.89. The number of fused-ring (bicyclic) bond motifs is 1. The zero-order valence-electron chi connectivity index (χ0n) is 13.8. The van der Waals surface area contributed by atoms with Crippen LogP contribution in [0.25, 0.3) is 11.0 Å². The third-order valence-electron chi connectivity index (χ3n) is 4.71. The lowest BCUT2D eigenvalue weighted by molar-refractivity contribution is 0.0879. The first-order valence-corrected chi connectivity index (χ1v) is 10.6. The maximum absolute atomic E-state index is 12.9. The second kappa shape index (κ2) is 6.49. The van der Waals surface area contributed by atoms with E-state index < -0.39 is 10.0 Å².